The van der Waals surface area contributed by atoms with Gasteiger partial charge in [-0.15, -0.1) is 0 Å². The van der Waals surface area contributed by atoms with Crippen molar-refractivity contribution in [1.82, 2.24) is 9.29 Å². The van der Waals surface area contributed by atoms with Crippen LogP contribution < -0.4 is 10.1 Å². The number of ether oxygens (including phenoxy) is 1. The summed E-state index contributed by atoms with van der Waals surface area (Å²) in [6.07, 6.45) is 4.90. The summed E-state index contributed by atoms with van der Waals surface area (Å²) in [6, 6.07) is 5.93. The molecular weight excluding hydrogens is 338 g/mol. The van der Waals surface area contributed by atoms with Crippen molar-refractivity contribution in [3.05, 3.63) is 30.0 Å². The van der Waals surface area contributed by atoms with E-state index in [1.165, 1.54) is 6.26 Å². The third kappa shape index (κ3) is 3.88. The van der Waals surface area contributed by atoms with Gasteiger partial charge in [0.2, 0.25) is 10.0 Å². The molecule has 0 amide bonds. The lowest BCUT2D eigenvalue weighted by Gasteiger charge is -2.30. The van der Waals surface area contributed by atoms with Crippen LogP contribution in [0.1, 0.15) is 18.4 Å². The zero-order valence-corrected chi connectivity index (χ0v) is 15.8. The molecule has 1 aromatic carbocycles. The van der Waals surface area contributed by atoms with Gasteiger partial charge in [0.15, 0.2) is 0 Å². The third-order valence-corrected chi connectivity index (χ3v) is 6.18. The minimum atomic E-state index is -3.07. The molecule has 136 valence electrons. The van der Waals surface area contributed by atoms with E-state index in [0.717, 1.165) is 47.3 Å². The molecule has 2 aromatic rings. The van der Waals surface area contributed by atoms with Crippen LogP contribution in [0.15, 0.2) is 24.4 Å². The zero-order valence-electron chi connectivity index (χ0n) is 14.9. The molecule has 6 nitrogen and oxygen atoms in total. The van der Waals surface area contributed by atoms with E-state index in [0.29, 0.717) is 19.0 Å². The summed E-state index contributed by atoms with van der Waals surface area (Å²) in [4.78, 5) is 4.51. The van der Waals surface area contributed by atoms with Crippen LogP contribution in [0.3, 0.4) is 0 Å². The van der Waals surface area contributed by atoms with Crippen LogP contribution in [0.2, 0.25) is 0 Å². The normalized spacial score (nSPS) is 16.9. The predicted molar refractivity (Wildman–Crippen MR) is 101 cm³/mol. The summed E-state index contributed by atoms with van der Waals surface area (Å²) < 4.78 is 30.2. The van der Waals surface area contributed by atoms with Crippen LogP contribution in [-0.4, -0.2) is 50.7 Å². The first kappa shape index (κ1) is 17.9. The van der Waals surface area contributed by atoms with Gasteiger partial charge in [0, 0.05) is 36.9 Å². The number of piperidine rings is 1. The highest BCUT2D eigenvalue weighted by atomic mass is 32.2. The molecular formula is C18H25N3O3S. The quantitative estimate of drug-likeness (QED) is 0.884. The van der Waals surface area contributed by atoms with E-state index in [-0.39, 0.29) is 0 Å². The van der Waals surface area contributed by atoms with Gasteiger partial charge < -0.3 is 10.1 Å². The number of aryl methyl sites for hydroxylation is 1. The molecule has 7 heteroatoms. The van der Waals surface area contributed by atoms with Crippen molar-refractivity contribution in [2.45, 2.75) is 19.8 Å². The second-order valence-electron chi connectivity index (χ2n) is 6.66. The Labute approximate surface area is 149 Å². The van der Waals surface area contributed by atoms with Crippen LogP contribution in [0, 0.1) is 12.8 Å². The predicted octanol–water partition coefficient (Wildman–Crippen LogP) is 2.64. The lowest BCUT2D eigenvalue weighted by molar-refractivity contribution is 0.283. The van der Waals surface area contributed by atoms with Crippen molar-refractivity contribution in [1.29, 1.82) is 0 Å². The van der Waals surface area contributed by atoms with E-state index < -0.39 is 10.0 Å². The van der Waals surface area contributed by atoms with Crippen LogP contribution >= 0.6 is 0 Å². The monoisotopic (exact) mass is 363 g/mol. The van der Waals surface area contributed by atoms with Crippen molar-refractivity contribution in [2.75, 3.05) is 38.3 Å². The number of para-hydroxylation sites is 1. The first-order valence-electron chi connectivity index (χ1n) is 8.51. The maximum atomic E-state index is 11.6. The van der Waals surface area contributed by atoms with E-state index in [9.17, 15) is 8.42 Å². The van der Waals surface area contributed by atoms with Crippen LogP contribution in [0.5, 0.6) is 5.75 Å². The second kappa shape index (κ2) is 7.17. The maximum absolute atomic E-state index is 11.6. The number of anilines is 1. The molecule has 1 N–H and O–H groups in total. The SMILES string of the molecule is COc1cccc2c(NCC3CCN(S(C)(=O)=O)CC3)c(C)cnc12. The van der Waals surface area contributed by atoms with Gasteiger partial charge in [0.1, 0.15) is 11.3 Å². The molecule has 1 fully saturated rings. The van der Waals surface area contributed by atoms with E-state index in [1.807, 2.05) is 31.3 Å². The number of methoxy groups -OCH3 is 1. The molecule has 0 unspecified atom stereocenters. The summed E-state index contributed by atoms with van der Waals surface area (Å²) in [5, 5.41) is 4.62. The highest BCUT2D eigenvalue weighted by molar-refractivity contribution is 7.88. The maximum Gasteiger partial charge on any atom is 0.211 e. The number of rotatable bonds is 5. The fourth-order valence-corrected chi connectivity index (χ4v) is 4.26. The van der Waals surface area contributed by atoms with E-state index in [4.69, 9.17) is 4.74 Å². The number of hydrogen-bond donors (Lipinski definition) is 1. The molecule has 1 aliphatic heterocycles. The largest absolute Gasteiger partial charge is 0.494 e. The van der Waals surface area contributed by atoms with Crippen molar-refractivity contribution in [3.63, 3.8) is 0 Å². The number of nitrogens with zero attached hydrogens (tertiary/aromatic N) is 2. The van der Waals surface area contributed by atoms with Crippen molar-refractivity contribution < 1.29 is 13.2 Å². The van der Waals surface area contributed by atoms with E-state index in [2.05, 4.69) is 10.3 Å². The molecule has 1 aromatic heterocycles. The Bertz CT molecular complexity index is 859. The van der Waals surface area contributed by atoms with Crippen LogP contribution in [0.25, 0.3) is 10.9 Å². The molecule has 3 rings (SSSR count). The molecule has 0 bridgehead atoms. The number of pyridine rings is 1. The fraction of sp³-hybridized carbons (Fsp3) is 0.500. The van der Waals surface area contributed by atoms with E-state index in [1.54, 1.807) is 11.4 Å². The minimum Gasteiger partial charge on any atom is -0.494 e. The number of benzene rings is 1. The van der Waals surface area contributed by atoms with Gasteiger partial charge in [-0.1, -0.05) is 12.1 Å². The van der Waals surface area contributed by atoms with Gasteiger partial charge in [-0.3, -0.25) is 4.98 Å². The minimum absolute atomic E-state index is 0.464. The molecule has 0 saturated carbocycles. The fourth-order valence-electron chi connectivity index (χ4n) is 3.39. The average Bonchev–Trinajstić information content (AvgIpc) is 2.60. The highest BCUT2D eigenvalue weighted by Crippen LogP contribution is 2.31. The van der Waals surface area contributed by atoms with Crippen LogP contribution in [0.4, 0.5) is 5.69 Å². The van der Waals surface area contributed by atoms with Crippen molar-refractivity contribution in [2.24, 2.45) is 5.92 Å². The number of fused-ring (bicyclic) bond motifs is 1. The molecule has 0 spiro atoms. The van der Waals surface area contributed by atoms with Crippen molar-refractivity contribution >= 4 is 26.6 Å². The summed E-state index contributed by atoms with van der Waals surface area (Å²) in [7, 11) is -1.42. The molecule has 0 radical (unpaired) electrons. The Balaban J connectivity index is 1.73. The first-order chi connectivity index (χ1) is 11.9. The van der Waals surface area contributed by atoms with Gasteiger partial charge in [0.25, 0.3) is 0 Å². The lowest BCUT2D eigenvalue weighted by atomic mass is 9.97. The standard InChI is InChI=1S/C18H25N3O3S/c1-13-11-19-18-15(5-4-6-16(18)24-2)17(13)20-12-14-7-9-21(10-8-14)25(3,22)23/h4-6,11,14H,7-10,12H2,1-3H3,(H,19,20). The zero-order chi connectivity index (χ0) is 18.0. The van der Waals surface area contributed by atoms with Crippen LogP contribution in [-0.2, 0) is 10.0 Å². The molecule has 1 saturated heterocycles. The summed E-state index contributed by atoms with van der Waals surface area (Å²) in [6.45, 7) is 4.08. The highest BCUT2D eigenvalue weighted by Gasteiger charge is 2.24. The number of hydrogen-bond acceptors (Lipinski definition) is 5. The van der Waals surface area contributed by atoms with Crippen molar-refractivity contribution in [3.8, 4) is 5.75 Å². The number of nitrogens with one attached hydrogen (secondary N) is 1. The molecule has 2 heterocycles. The Morgan fingerprint density at radius 2 is 2.04 bits per heavy atom. The topological polar surface area (TPSA) is 71.5 Å². The number of sulfonamides is 1. The summed E-state index contributed by atoms with van der Waals surface area (Å²) in [5.41, 5.74) is 3.02. The molecule has 25 heavy (non-hydrogen) atoms. The van der Waals surface area contributed by atoms with E-state index >= 15 is 0 Å². The van der Waals surface area contributed by atoms with Gasteiger partial charge in [-0.2, -0.15) is 0 Å². The first-order valence-corrected chi connectivity index (χ1v) is 10.4. The third-order valence-electron chi connectivity index (χ3n) is 4.88. The summed E-state index contributed by atoms with van der Waals surface area (Å²) >= 11 is 0. The van der Waals surface area contributed by atoms with Gasteiger partial charge in [-0.25, -0.2) is 12.7 Å². The van der Waals surface area contributed by atoms with Gasteiger partial charge in [0.05, 0.1) is 13.4 Å². The molecule has 0 aliphatic carbocycles. The Kier molecular flexibility index (Phi) is 5.15. The smallest absolute Gasteiger partial charge is 0.211 e. The Morgan fingerprint density at radius 3 is 2.68 bits per heavy atom. The Morgan fingerprint density at radius 1 is 1.32 bits per heavy atom. The summed E-state index contributed by atoms with van der Waals surface area (Å²) in [5.74, 6) is 1.23. The Hall–Kier alpha value is -1.86. The molecule has 0 atom stereocenters. The van der Waals surface area contributed by atoms with Gasteiger partial charge >= 0.3 is 0 Å². The number of aromatic nitrogens is 1. The second-order valence-corrected chi connectivity index (χ2v) is 8.64. The lowest BCUT2D eigenvalue weighted by Crippen LogP contribution is -2.39. The van der Waals surface area contributed by atoms with Gasteiger partial charge in [-0.05, 0) is 37.3 Å². The average molecular weight is 363 g/mol. The molecule has 1 aliphatic rings.